The van der Waals surface area contributed by atoms with E-state index in [2.05, 4.69) is 12.1 Å². The van der Waals surface area contributed by atoms with Gasteiger partial charge >= 0.3 is 11.9 Å². The highest BCUT2D eigenvalue weighted by molar-refractivity contribution is 6.02. The number of non-ortho nitro benzene ring substituents is 1. The summed E-state index contributed by atoms with van der Waals surface area (Å²) in [6.45, 7) is 0. The normalized spacial score (nSPS) is 19.5. The third kappa shape index (κ3) is 3.40. The van der Waals surface area contributed by atoms with Crippen LogP contribution in [0, 0.1) is 38.2 Å². The van der Waals surface area contributed by atoms with Crippen molar-refractivity contribution in [2.45, 2.75) is 12.0 Å². The zero-order chi connectivity index (χ0) is 25.3. The van der Waals surface area contributed by atoms with E-state index in [1.165, 1.54) is 35.4 Å². The first kappa shape index (κ1) is 23.2. The largest absolute Gasteiger partial charge is 0.466 e. The molecule has 10 nitrogen and oxygen atoms in total. The van der Waals surface area contributed by atoms with Crippen LogP contribution in [0.1, 0.15) is 28.7 Å². The van der Waals surface area contributed by atoms with Gasteiger partial charge in [0.1, 0.15) is 5.70 Å². The SMILES string of the molecule is COC(=O)C1=C(C(=O)OC)N2C=Cc3ccccc3[C@H]2C(C#N)(C#N)[C@H]1c1cccc([N+](=O)[O-])c1. The molecule has 174 valence electrons. The highest BCUT2D eigenvalue weighted by Crippen LogP contribution is 2.58. The molecular formula is C25H18N4O6. The number of nitro groups is 1. The molecule has 0 aliphatic carbocycles. The van der Waals surface area contributed by atoms with Gasteiger partial charge in [0.05, 0.1) is 48.8 Å². The monoisotopic (exact) mass is 470 g/mol. The fourth-order valence-electron chi connectivity index (χ4n) is 4.80. The van der Waals surface area contributed by atoms with Gasteiger partial charge in [-0.25, -0.2) is 9.59 Å². The fraction of sp³-hybridized carbons (Fsp3) is 0.200. The molecule has 0 fully saturated rings. The van der Waals surface area contributed by atoms with Gasteiger partial charge in [0.25, 0.3) is 5.69 Å². The van der Waals surface area contributed by atoms with Crippen LogP contribution in [0.25, 0.3) is 6.08 Å². The molecule has 0 saturated carbocycles. The third-order valence-electron chi connectivity index (χ3n) is 6.24. The Kier molecular flexibility index (Phi) is 5.81. The van der Waals surface area contributed by atoms with E-state index in [9.17, 15) is 30.2 Å². The van der Waals surface area contributed by atoms with E-state index in [0.29, 0.717) is 11.1 Å². The Balaban J connectivity index is 2.18. The summed E-state index contributed by atoms with van der Waals surface area (Å²) in [6.07, 6.45) is 3.20. The summed E-state index contributed by atoms with van der Waals surface area (Å²) in [4.78, 5) is 38.5. The van der Waals surface area contributed by atoms with Crippen molar-refractivity contribution in [1.82, 2.24) is 4.90 Å². The number of rotatable bonds is 4. The van der Waals surface area contributed by atoms with Crippen molar-refractivity contribution < 1.29 is 24.0 Å². The number of ether oxygens (including phenoxy) is 2. The number of benzene rings is 2. The molecule has 35 heavy (non-hydrogen) atoms. The third-order valence-corrected chi connectivity index (χ3v) is 6.24. The van der Waals surface area contributed by atoms with E-state index in [1.807, 2.05) is 0 Å². The van der Waals surface area contributed by atoms with Crippen LogP contribution in [-0.2, 0) is 19.1 Å². The van der Waals surface area contributed by atoms with Crippen LogP contribution >= 0.6 is 0 Å². The summed E-state index contributed by atoms with van der Waals surface area (Å²) >= 11 is 0. The van der Waals surface area contributed by atoms with Gasteiger partial charge in [-0.15, -0.1) is 0 Å². The summed E-state index contributed by atoms with van der Waals surface area (Å²) < 4.78 is 9.95. The molecular weight excluding hydrogens is 452 g/mol. The Labute approximate surface area is 200 Å². The Bertz CT molecular complexity index is 1380. The minimum Gasteiger partial charge on any atom is -0.466 e. The van der Waals surface area contributed by atoms with E-state index < -0.39 is 34.2 Å². The highest BCUT2D eigenvalue weighted by atomic mass is 16.6. The zero-order valence-electron chi connectivity index (χ0n) is 18.7. The van der Waals surface area contributed by atoms with E-state index in [1.54, 1.807) is 30.3 Å². The summed E-state index contributed by atoms with van der Waals surface area (Å²) in [5.74, 6) is -3.23. The maximum atomic E-state index is 13.1. The van der Waals surface area contributed by atoms with Gasteiger partial charge in [0.15, 0.2) is 5.41 Å². The molecule has 0 radical (unpaired) electrons. The van der Waals surface area contributed by atoms with Crippen molar-refractivity contribution in [3.8, 4) is 12.1 Å². The Morgan fingerprint density at radius 3 is 2.37 bits per heavy atom. The molecule has 0 N–H and O–H groups in total. The van der Waals surface area contributed by atoms with Crippen LogP contribution in [-0.4, -0.2) is 36.0 Å². The smallest absolute Gasteiger partial charge is 0.355 e. The lowest BCUT2D eigenvalue weighted by atomic mass is 9.60. The first-order chi connectivity index (χ1) is 16.8. The first-order valence-electron chi connectivity index (χ1n) is 10.4. The van der Waals surface area contributed by atoms with Crippen molar-refractivity contribution in [2.75, 3.05) is 14.2 Å². The number of carbonyl (C=O) groups excluding carboxylic acids is 2. The molecule has 0 unspecified atom stereocenters. The molecule has 2 aromatic rings. The summed E-state index contributed by atoms with van der Waals surface area (Å²) in [5, 5.41) is 32.5. The second-order valence-electron chi connectivity index (χ2n) is 7.88. The van der Waals surface area contributed by atoms with Gasteiger partial charge in [-0.2, -0.15) is 10.5 Å². The standard InChI is InChI=1S/C25H18N4O6/c1-34-23(30)19-20(16-7-5-8-17(12-16)29(32)33)25(13-26,14-27)22-18-9-4-3-6-15(18)10-11-28(22)21(19)24(31)35-2/h3-12,20,22H,1-2H3/t20-,22-/m0/s1. The topological polar surface area (TPSA) is 147 Å². The molecule has 0 saturated heterocycles. The van der Waals surface area contributed by atoms with Gasteiger partial charge in [0, 0.05) is 18.3 Å². The van der Waals surface area contributed by atoms with Crippen molar-refractivity contribution in [2.24, 2.45) is 5.41 Å². The van der Waals surface area contributed by atoms with Crippen molar-refractivity contribution in [3.63, 3.8) is 0 Å². The van der Waals surface area contributed by atoms with Crippen molar-refractivity contribution in [3.05, 3.63) is 92.8 Å². The number of nitriles is 2. The van der Waals surface area contributed by atoms with Gasteiger partial charge in [0.2, 0.25) is 0 Å². The lowest BCUT2D eigenvalue weighted by Crippen LogP contribution is -2.50. The highest BCUT2D eigenvalue weighted by Gasteiger charge is 2.60. The first-order valence-corrected chi connectivity index (χ1v) is 10.4. The van der Waals surface area contributed by atoms with Crippen molar-refractivity contribution in [1.29, 1.82) is 10.5 Å². The number of hydrogen-bond donors (Lipinski definition) is 0. The van der Waals surface area contributed by atoms with Crippen LogP contribution in [0.4, 0.5) is 5.69 Å². The van der Waals surface area contributed by atoms with E-state index in [4.69, 9.17) is 9.47 Å². The lowest BCUT2D eigenvalue weighted by molar-refractivity contribution is -0.384. The van der Waals surface area contributed by atoms with Crippen LogP contribution in [0.15, 0.2) is 66.0 Å². The number of nitro benzene ring substituents is 1. The van der Waals surface area contributed by atoms with E-state index >= 15 is 0 Å². The molecule has 0 amide bonds. The van der Waals surface area contributed by atoms with E-state index in [0.717, 1.165) is 14.2 Å². The Hall–Kier alpha value is -4.96. The maximum absolute atomic E-state index is 13.1. The molecule has 2 aliphatic heterocycles. The predicted molar refractivity (Wildman–Crippen MR) is 121 cm³/mol. The summed E-state index contributed by atoms with van der Waals surface area (Å²) in [5.41, 5.74) is -1.39. The van der Waals surface area contributed by atoms with Crippen LogP contribution in [0.2, 0.25) is 0 Å². The molecule has 0 spiro atoms. The van der Waals surface area contributed by atoms with Crippen molar-refractivity contribution >= 4 is 23.7 Å². The molecule has 0 aromatic heterocycles. The molecule has 2 aliphatic rings. The van der Waals surface area contributed by atoms with Crippen LogP contribution in [0.3, 0.4) is 0 Å². The van der Waals surface area contributed by atoms with Gasteiger partial charge in [-0.3, -0.25) is 10.1 Å². The minimum absolute atomic E-state index is 0.135. The fourth-order valence-corrected chi connectivity index (χ4v) is 4.80. The lowest BCUT2D eigenvalue weighted by Gasteiger charge is -2.49. The number of nitrogens with zero attached hydrogens (tertiary/aromatic N) is 4. The number of hydrogen-bond acceptors (Lipinski definition) is 9. The summed E-state index contributed by atoms with van der Waals surface area (Å²) in [7, 11) is 2.24. The second kappa shape index (κ2) is 8.76. The zero-order valence-corrected chi connectivity index (χ0v) is 18.7. The van der Waals surface area contributed by atoms with Crippen LogP contribution < -0.4 is 0 Å². The molecule has 10 heteroatoms. The minimum atomic E-state index is -1.99. The average Bonchev–Trinajstić information content (AvgIpc) is 2.90. The Morgan fingerprint density at radius 1 is 1.06 bits per heavy atom. The maximum Gasteiger partial charge on any atom is 0.355 e. The molecule has 2 heterocycles. The van der Waals surface area contributed by atoms with Gasteiger partial charge in [-0.1, -0.05) is 36.4 Å². The number of carbonyl (C=O) groups is 2. The van der Waals surface area contributed by atoms with Gasteiger partial charge in [-0.05, 0) is 22.8 Å². The number of fused-ring (bicyclic) bond motifs is 3. The molecule has 2 atom stereocenters. The molecule has 4 rings (SSSR count). The van der Waals surface area contributed by atoms with Gasteiger partial charge < -0.3 is 14.4 Å². The quantitative estimate of drug-likeness (QED) is 0.373. The number of methoxy groups -OCH3 is 2. The van der Waals surface area contributed by atoms with Crippen LogP contribution in [0.5, 0.6) is 0 Å². The second-order valence-corrected chi connectivity index (χ2v) is 7.88. The average molecular weight is 470 g/mol. The number of esters is 2. The molecule has 0 bridgehead atoms. The predicted octanol–water partition coefficient (Wildman–Crippen LogP) is 3.35. The molecule has 2 aromatic carbocycles. The summed E-state index contributed by atoms with van der Waals surface area (Å²) in [6, 6.07) is 15.5. The van der Waals surface area contributed by atoms with E-state index in [-0.39, 0.29) is 22.5 Å². The Morgan fingerprint density at radius 2 is 1.74 bits per heavy atom.